The van der Waals surface area contributed by atoms with E-state index in [2.05, 4.69) is 6.58 Å². The summed E-state index contributed by atoms with van der Waals surface area (Å²) in [6.07, 6.45) is 7.63. The SMILES string of the molecule is C=CC[C@H](N)C1=CCN(S(=O)(=O)CC)C=C1. The Bertz CT molecular complexity index is 410. The molecule has 0 radical (unpaired) electrons. The number of nitrogens with two attached hydrogens (primary N) is 1. The molecule has 5 heteroatoms. The van der Waals surface area contributed by atoms with E-state index in [1.807, 2.05) is 6.08 Å². The molecule has 1 atom stereocenters. The number of hydrogen-bond donors (Lipinski definition) is 1. The van der Waals surface area contributed by atoms with Crippen molar-refractivity contribution in [1.29, 1.82) is 0 Å². The van der Waals surface area contributed by atoms with Crippen LogP contribution >= 0.6 is 0 Å². The van der Waals surface area contributed by atoms with Crippen LogP contribution in [0.5, 0.6) is 0 Å². The van der Waals surface area contributed by atoms with Crippen LogP contribution in [0.3, 0.4) is 0 Å². The summed E-state index contributed by atoms with van der Waals surface area (Å²) in [5.74, 6) is 0.110. The summed E-state index contributed by atoms with van der Waals surface area (Å²) in [6.45, 7) is 5.62. The molecule has 1 rings (SSSR count). The minimum Gasteiger partial charge on any atom is -0.324 e. The Kier molecular flexibility index (Phi) is 4.32. The van der Waals surface area contributed by atoms with E-state index in [-0.39, 0.29) is 11.8 Å². The molecule has 2 N–H and O–H groups in total. The molecular formula is C11H18N2O2S. The molecule has 90 valence electrons. The van der Waals surface area contributed by atoms with Crippen molar-refractivity contribution in [1.82, 2.24) is 4.31 Å². The average molecular weight is 242 g/mol. The molecule has 0 aromatic rings. The second kappa shape index (κ2) is 5.32. The van der Waals surface area contributed by atoms with Gasteiger partial charge >= 0.3 is 0 Å². The van der Waals surface area contributed by atoms with E-state index >= 15 is 0 Å². The summed E-state index contributed by atoms with van der Waals surface area (Å²) in [4.78, 5) is 0. The van der Waals surface area contributed by atoms with Crippen molar-refractivity contribution in [3.63, 3.8) is 0 Å². The van der Waals surface area contributed by atoms with E-state index in [1.165, 1.54) is 4.31 Å². The van der Waals surface area contributed by atoms with Crippen LogP contribution in [-0.2, 0) is 10.0 Å². The fourth-order valence-electron chi connectivity index (χ4n) is 1.46. The van der Waals surface area contributed by atoms with Gasteiger partial charge in [-0.05, 0) is 25.0 Å². The predicted molar refractivity (Wildman–Crippen MR) is 66.2 cm³/mol. The third-order valence-corrected chi connectivity index (χ3v) is 4.23. The number of hydrogen-bond acceptors (Lipinski definition) is 3. The molecule has 0 saturated carbocycles. The van der Waals surface area contributed by atoms with Gasteiger partial charge in [0.1, 0.15) is 0 Å². The molecule has 4 nitrogen and oxygen atoms in total. The molecule has 1 aliphatic rings. The normalized spacial score (nSPS) is 18.1. The van der Waals surface area contributed by atoms with Gasteiger partial charge in [-0.2, -0.15) is 0 Å². The third-order valence-electron chi connectivity index (χ3n) is 2.51. The van der Waals surface area contributed by atoms with Crippen molar-refractivity contribution < 1.29 is 8.42 Å². The van der Waals surface area contributed by atoms with E-state index in [9.17, 15) is 8.42 Å². The van der Waals surface area contributed by atoms with Crippen molar-refractivity contribution >= 4 is 10.0 Å². The van der Waals surface area contributed by atoms with E-state index < -0.39 is 10.0 Å². The zero-order valence-electron chi connectivity index (χ0n) is 9.46. The van der Waals surface area contributed by atoms with Crippen molar-refractivity contribution in [3.8, 4) is 0 Å². The van der Waals surface area contributed by atoms with E-state index in [0.717, 1.165) is 5.57 Å². The maximum Gasteiger partial charge on any atom is 0.234 e. The van der Waals surface area contributed by atoms with Crippen molar-refractivity contribution in [2.45, 2.75) is 19.4 Å². The third kappa shape index (κ3) is 2.96. The maximum atomic E-state index is 11.6. The van der Waals surface area contributed by atoms with Crippen LogP contribution in [0.25, 0.3) is 0 Å². The second-order valence-corrected chi connectivity index (χ2v) is 5.83. The van der Waals surface area contributed by atoms with Gasteiger partial charge < -0.3 is 5.73 Å². The first-order valence-electron chi connectivity index (χ1n) is 5.25. The lowest BCUT2D eigenvalue weighted by molar-refractivity contribution is 0.519. The Morgan fingerprint density at radius 1 is 1.69 bits per heavy atom. The molecule has 0 aromatic heterocycles. The highest BCUT2D eigenvalue weighted by Crippen LogP contribution is 2.15. The molecule has 0 aliphatic carbocycles. The minimum absolute atomic E-state index is 0.0970. The quantitative estimate of drug-likeness (QED) is 0.731. The van der Waals surface area contributed by atoms with Crippen LogP contribution < -0.4 is 5.73 Å². The summed E-state index contributed by atoms with van der Waals surface area (Å²) in [5.41, 5.74) is 6.85. The molecule has 1 aliphatic heterocycles. The Morgan fingerprint density at radius 2 is 2.38 bits per heavy atom. The molecular weight excluding hydrogens is 224 g/mol. The molecule has 0 spiro atoms. The number of sulfonamides is 1. The van der Waals surface area contributed by atoms with Crippen LogP contribution in [0.15, 0.2) is 36.6 Å². The average Bonchev–Trinajstić information content (AvgIpc) is 2.29. The van der Waals surface area contributed by atoms with Gasteiger partial charge in [-0.25, -0.2) is 8.42 Å². The van der Waals surface area contributed by atoms with E-state index in [4.69, 9.17) is 5.73 Å². The van der Waals surface area contributed by atoms with E-state index in [1.54, 1.807) is 25.3 Å². The van der Waals surface area contributed by atoms with Crippen LogP contribution in [0, 0.1) is 0 Å². The lowest BCUT2D eigenvalue weighted by Gasteiger charge is -2.23. The van der Waals surface area contributed by atoms with Crippen LogP contribution in [0.4, 0.5) is 0 Å². The predicted octanol–water partition coefficient (Wildman–Crippen LogP) is 0.995. The summed E-state index contributed by atoms with van der Waals surface area (Å²) >= 11 is 0. The minimum atomic E-state index is -3.14. The first-order valence-corrected chi connectivity index (χ1v) is 6.86. The zero-order valence-corrected chi connectivity index (χ0v) is 10.3. The molecule has 0 aromatic carbocycles. The Morgan fingerprint density at radius 3 is 2.81 bits per heavy atom. The fraction of sp³-hybridized carbons (Fsp3) is 0.455. The summed E-state index contributed by atoms with van der Waals surface area (Å²) < 4.78 is 24.4. The summed E-state index contributed by atoms with van der Waals surface area (Å²) in [5, 5.41) is 0. The van der Waals surface area contributed by atoms with Crippen molar-refractivity contribution in [2.75, 3.05) is 12.3 Å². The number of rotatable bonds is 5. The Hall–Kier alpha value is -1.07. The topological polar surface area (TPSA) is 63.4 Å². The molecule has 16 heavy (non-hydrogen) atoms. The highest BCUT2D eigenvalue weighted by molar-refractivity contribution is 7.89. The van der Waals surface area contributed by atoms with Crippen molar-refractivity contribution in [2.24, 2.45) is 5.73 Å². The maximum absolute atomic E-state index is 11.6. The van der Waals surface area contributed by atoms with Crippen LogP contribution in [-0.4, -0.2) is 31.1 Å². The molecule has 0 saturated heterocycles. The van der Waals surface area contributed by atoms with Crippen molar-refractivity contribution in [3.05, 3.63) is 36.6 Å². The smallest absolute Gasteiger partial charge is 0.234 e. The monoisotopic (exact) mass is 242 g/mol. The van der Waals surface area contributed by atoms with Crippen LogP contribution in [0.1, 0.15) is 13.3 Å². The van der Waals surface area contributed by atoms with Gasteiger partial charge in [-0.15, -0.1) is 6.58 Å². The van der Waals surface area contributed by atoms with Gasteiger partial charge in [0, 0.05) is 12.2 Å². The largest absolute Gasteiger partial charge is 0.324 e. The summed E-state index contributed by atoms with van der Waals surface area (Å²) in [7, 11) is -3.14. The Balaban J connectivity index is 2.70. The van der Waals surface area contributed by atoms with Gasteiger partial charge in [0.05, 0.1) is 12.3 Å². The lowest BCUT2D eigenvalue weighted by atomic mass is 10.0. The standard InChI is InChI=1S/C11H18N2O2S/c1-3-5-11(12)10-6-8-13(9-7-10)16(14,15)4-2/h3,6-8,11H,1,4-5,9,12H2,2H3/t11-/m0/s1. The summed E-state index contributed by atoms with van der Waals surface area (Å²) in [6, 6.07) is -0.0970. The van der Waals surface area contributed by atoms with Gasteiger partial charge in [0.15, 0.2) is 0 Å². The fourth-order valence-corrected chi connectivity index (χ4v) is 2.34. The first kappa shape index (κ1) is 13.0. The molecule has 1 heterocycles. The highest BCUT2D eigenvalue weighted by Gasteiger charge is 2.18. The molecule has 0 unspecified atom stereocenters. The number of nitrogens with zero attached hydrogens (tertiary/aromatic N) is 1. The molecule has 0 fully saturated rings. The van der Waals surface area contributed by atoms with Crippen LogP contribution in [0.2, 0.25) is 0 Å². The molecule has 0 amide bonds. The lowest BCUT2D eigenvalue weighted by Crippen LogP contribution is -2.31. The van der Waals surface area contributed by atoms with Gasteiger partial charge in [-0.3, -0.25) is 4.31 Å². The Labute approximate surface area is 97.2 Å². The van der Waals surface area contributed by atoms with Gasteiger partial charge in [-0.1, -0.05) is 12.2 Å². The zero-order chi connectivity index (χ0) is 12.2. The second-order valence-electron chi connectivity index (χ2n) is 3.62. The van der Waals surface area contributed by atoms with E-state index in [0.29, 0.717) is 13.0 Å². The first-order chi connectivity index (χ1) is 7.51. The molecule has 0 bridgehead atoms. The highest BCUT2D eigenvalue weighted by atomic mass is 32.2. The van der Waals surface area contributed by atoms with Gasteiger partial charge in [0.2, 0.25) is 10.0 Å². The van der Waals surface area contributed by atoms with Gasteiger partial charge in [0.25, 0.3) is 0 Å².